The lowest BCUT2D eigenvalue weighted by molar-refractivity contribution is -0.130. The summed E-state index contributed by atoms with van der Waals surface area (Å²) in [6.45, 7) is 2.31. The van der Waals surface area contributed by atoms with Gasteiger partial charge < -0.3 is 10.2 Å². The van der Waals surface area contributed by atoms with Crippen LogP contribution in [0.15, 0.2) is 12.4 Å². The Balaban J connectivity index is 2.18. The van der Waals surface area contributed by atoms with Crippen LogP contribution in [0.3, 0.4) is 0 Å². The monoisotopic (exact) mass is 225 g/mol. The highest BCUT2D eigenvalue weighted by molar-refractivity contribution is 5.75. The summed E-state index contributed by atoms with van der Waals surface area (Å²) in [6.07, 6.45) is 4.82. The van der Waals surface area contributed by atoms with Gasteiger partial charge in [-0.05, 0) is 20.0 Å². The van der Waals surface area contributed by atoms with Crippen molar-refractivity contribution >= 4 is 5.91 Å². The summed E-state index contributed by atoms with van der Waals surface area (Å²) in [5.74, 6) is 0.145. The standard InChI is InChI=1S/C10H19N5O/c1-11-5-3-7-14(2)10(16)4-8-15-9-6-12-13-15/h6,9,11H,3-5,7-8H2,1-2H3. The molecule has 1 aromatic rings. The number of amides is 1. The molecule has 0 aliphatic rings. The lowest BCUT2D eigenvalue weighted by Gasteiger charge is -2.16. The van der Waals surface area contributed by atoms with E-state index in [1.807, 2.05) is 14.1 Å². The number of nitrogens with one attached hydrogen (secondary N) is 1. The molecule has 16 heavy (non-hydrogen) atoms. The lowest BCUT2D eigenvalue weighted by atomic mass is 10.3. The van der Waals surface area contributed by atoms with Gasteiger partial charge in [0.1, 0.15) is 0 Å². The van der Waals surface area contributed by atoms with Crippen LogP contribution in [0.4, 0.5) is 0 Å². The molecule has 0 spiro atoms. The van der Waals surface area contributed by atoms with E-state index in [-0.39, 0.29) is 5.91 Å². The average Bonchev–Trinajstić information content (AvgIpc) is 2.79. The van der Waals surface area contributed by atoms with Crippen LogP contribution < -0.4 is 5.32 Å². The van der Waals surface area contributed by atoms with Crippen molar-refractivity contribution < 1.29 is 4.79 Å². The Morgan fingerprint density at radius 1 is 1.56 bits per heavy atom. The molecule has 0 fully saturated rings. The Morgan fingerprint density at radius 2 is 2.38 bits per heavy atom. The minimum Gasteiger partial charge on any atom is -0.346 e. The second kappa shape index (κ2) is 6.95. The Hall–Kier alpha value is -1.43. The van der Waals surface area contributed by atoms with Gasteiger partial charge in [-0.15, -0.1) is 5.10 Å². The third-order valence-electron chi connectivity index (χ3n) is 2.37. The smallest absolute Gasteiger partial charge is 0.224 e. The summed E-state index contributed by atoms with van der Waals surface area (Å²) in [6, 6.07) is 0. The summed E-state index contributed by atoms with van der Waals surface area (Å²) in [7, 11) is 3.74. The topological polar surface area (TPSA) is 63.1 Å². The van der Waals surface area contributed by atoms with Crippen molar-refractivity contribution in [3.8, 4) is 0 Å². The lowest BCUT2D eigenvalue weighted by Crippen LogP contribution is -2.30. The maximum atomic E-state index is 11.7. The highest BCUT2D eigenvalue weighted by atomic mass is 16.2. The van der Waals surface area contributed by atoms with Crippen LogP contribution in [0.25, 0.3) is 0 Å². The molecule has 0 unspecified atom stereocenters. The minimum absolute atomic E-state index is 0.145. The van der Waals surface area contributed by atoms with Gasteiger partial charge in [-0.1, -0.05) is 5.21 Å². The van der Waals surface area contributed by atoms with E-state index in [1.54, 1.807) is 22.0 Å². The van der Waals surface area contributed by atoms with Gasteiger partial charge in [-0.3, -0.25) is 9.48 Å². The first-order valence-corrected chi connectivity index (χ1v) is 5.46. The molecular weight excluding hydrogens is 206 g/mol. The van der Waals surface area contributed by atoms with Crippen LogP contribution in [0.1, 0.15) is 12.8 Å². The Morgan fingerprint density at radius 3 is 3.00 bits per heavy atom. The number of aryl methyl sites for hydroxylation is 1. The molecule has 6 heteroatoms. The zero-order chi connectivity index (χ0) is 11.8. The fraction of sp³-hybridized carbons (Fsp3) is 0.700. The molecule has 0 saturated carbocycles. The predicted molar refractivity (Wildman–Crippen MR) is 60.8 cm³/mol. The number of hydrogen-bond donors (Lipinski definition) is 1. The van der Waals surface area contributed by atoms with Gasteiger partial charge >= 0.3 is 0 Å². The van der Waals surface area contributed by atoms with E-state index in [2.05, 4.69) is 15.6 Å². The average molecular weight is 225 g/mol. The molecule has 0 atom stereocenters. The van der Waals surface area contributed by atoms with Crippen molar-refractivity contribution in [1.82, 2.24) is 25.2 Å². The predicted octanol–water partition coefficient (Wildman–Crippen LogP) is -0.264. The first-order valence-electron chi connectivity index (χ1n) is 5.46. The van der Waals surface area contributed by atoms with E-state index in [9.17, 15) is 4.79 Å². The van der Waals surface area contributed by atoms with Crippen molar-refractivity contribution in [3.05, 3.63) is 12.4 Å². The van der Waals surface area contributed by atoms with Crippen LogP contribution in [0.5, 0.6) is 0 Å². The molecule has 1 aromatic heterocycles. The third-order valence-corrected chi connectivity index (χ3v) is 2.37. The van der Waals surface area contributed by atoms with Gasteiger partial charge in [-0.2, -0.15) is 0 Å². The van der Waals surface area contributed by atoms with Crippen LogP contribution in [-0.2, 0) is 11.3 Å². The summed E-state index contributed by atoms with van der Waals surface area (Å²) >= 11 is 0. The number of rotatable bonds is 7. The molecule has 0 aliphatic heterocycles. The maximum absolute atomic E-state index is 11.7. The number of hydrogen-bond acceptors (Lipinski definition) is 4. The zero-order valence-corrected chi connectivity index (χ0v) is 9.89. The molecule has 90 valence electrons. The Kier molecular flexibility index (Phi) is 5.49. The van der Waals surface area contributed by atoms with Crippen LogP contribution in [0, 0.1) is 0 Å². The molecule has 0 radical (unpaired) electrons. The van der Waals surface area contributed by atoms with Crippen molar-refractivity contribution in [3.63, 3.8) is 0 Å². The van der Waals surface area contributed by atoms with E-state index in [4.69, 9.17) is 0 Å². The molecule has 1 amide bonds. The third kappa shape index (κ3) is 4.39. The summed E-state index contributed by atoms with van der Waals surface area (Å²) < 4.78 is 1.67. The molecule has 0 aliphatic carbocycles. The van der Waals surface area contributed by atoms with Gasteiger partial charge in [0.2, 0.25) is 5.91 Å². The molecule has 1 rings (SSSR count). The normalized spacial score (nSPS) is 10.4. The molecular formula is C10H19N5O. The largest absolute Gasteiger partial charge is 0.346 e. The Bertz CT molecular complexity index is 298. The molecule has 1 heterocycles. The van der Waals surface area contributed by atoms with Crippen molar-refractivity contribution in [1.29, 1.82) is 0 Å². The zero-order valence-electron chi connectivity index (χ0n) is 9.89. The highest BCUT2D eigenvalue weighted by Crippen LogP contribution is 1.95. The number of nitrogens with zero attached hydrogens (tertiary/aromatic N) is 4. The number of carbonyl (C=O) groups is 1. The van der Waals surface area contributed by atoms with Crippen LogP contribution >= 0.6 is 0 Å². The van der Waals surface area contributed by atoms with Crippen LogP contribution in [-0.4, -0.2) is 53.0 Å². The first kappa shape index (κ1) is 12.6. The molecule has 6 nitrogen and oxygen atoms in total. The molecule has 0 bridgehead atoms. The highest BCUT2D eigenvalue weighted by Gasteiger charge is 2.08. The minimum atomic E-state index is 0.145. The SMILES string of the molecule is CNCCCN(C)C(=O)CCn1ccnn1. The van der Waals surface area contributed by atoms with Gasteiger partial charge in [0.05, 0.1) is 12.7 Å². The van der Waals surface area contributed by atoms with Crippen LogP contribution in [0.2, 0.25) is 0 Å². The van der Waals surface area contributed by atoms with Gasteiger partial charge in [0, 0.05) is 26.2 Å². The molecule has 1 N–H and O–H groups in total. The fourth-order valence-corrected chi connectivity index (χ4v) is 1.37. The van der Waals surface area contributed by atoms with Gasteiger partial charge in [0.25, 0.3) is 0 Å². The second-order valence-corrected chi connectivity index (χ2v) is 3.69. The molecule has 0 aromatic carbocycles. The van der Waals surface area contributed by atoms with Crippen molar-refractivity contribution in [2.75, 3.05) is 27.2 Å². The van der Waals surface area contributed by atoms with Crippen molar-refractivity contribution in [2.24, 2.45) is 0 Å². The number of carbonyl (C=O) groups excluding carboxylic acids is 1. The summed E-state index contributed by atoms with van der Waals surface area (Å²) in [5, 5.41) is 10.6. The maximum Gasteiger partial charge on any atom is 0.224 e. The van der Waals surface area contributed by atoms with Crippen molar-refractivity contribution in [2.45, 2.75) is 19.4 Å². The Labute approximate surface area is 95.6 Å². The van der Waals surface area contributed by atoms with E-state index >= 15 is 0 Å². The number of aromatic nitrogens is 3. The van der Waals surface area contributed by atoms with Gasteiger partial charge in [-0.25, -0.2) is 0 Å². The summed E-state index contributed by atoms with van der Waals surface area (Å²) in [5.41, 5.74) is 0. The fourth-order valence-electron chi connectivity index (χ4n) is 1.37. The quantitative estimate of drug-likeness (QED) is 0.649. The van der Waals surface area contributed by atoms with E-state index in [0.717, 1.165) is 19.5 Å². The van der Waals surface area contributed by atoms with E-state index in [0.29, 0.717) is 13.0 Å². The molecule has 0 saturated heterocycles. The van der Waals surface area contributed by atoms with E-state index < -0.39 is 0 Å². The van der Waals surface area contributed by atoms with Gasteiger partial charge in [0.15, 0.2) is 0 Å². The second-order valence-electron chi connectivity index (χ2n) is 3.69. The van der Waals surface area contributed by atoms with E-state index in [1.165, 1.54) is 0 Å². The first-order chi connectivity index (χ1) is 7.74. The summed E-state index contributed by atoms with van der Waals surface area (Å²) in [4.78, 5) is 13.4.